The SMILES string of the molecule is Cc1[nH]c(=S)sc1CC(=O)NCC(O)c1ccsc1. The van der Waals surface area contributed by atoms with Gasteiger partial charge in [-0.1, -0.05) is 0 Å². The zero-order chi connectivity index (χ0) is 13.8. The predicted molar refractivity (Wildman–Crippen MR) is 80.2 cm³/mol. The van der Waals surface area contributed by atoms with Crippen molar-refractivity contribution in [3.8, 4) is 0 Å². The molecule has 0 aliphatic heterocycles. The van der Waals surface area contributed by atoms with E-state index in [2.05, 4.69) is 10.3 Å². The Balaban J connectivity index is 1.85. The summed E-state index contributed by atoms with van der Waals surface area (Å²) >= 11 is 7.96. The van der Waals surface area contributed by atoms with Crippen LogP contribution >= 0.6 is 34.9 Å². The summed E-state index contributed by atoms with van der Waals surface area (Å²) in [7, 11) is 0. The minimum Gasteiger partial charge on any atom is -0.387 e. The molecule has 3 N–H and O–H groups in total. The molecule has 4 nitrogen and oxygen atoms in total. The van der Waals surface area contributed by atoms with E-state index in [1.807, 2.05) is 23.8 Å². The molecular weight excluding hydrogens is 300 g/mol. The fourth-order valence-electron chi connectivity index (χ4n) is 1.61. The maximum Gasteiger partial charge on any atom is 0.225 e. The lowest BCUT2D eigenvalue weighted by atomic mass is 10.2. The molecule has 1 amide bonds. The van der Waals surface area contributed by atoms with Crippen LogP contribution in [0.5, 0.6) is 0 Å². The van der Waals surface area contributed by atoms with Gasteiger partial charge in [-0.3, -0.25) is 4.79 Å². The Morgan fingerprint density at radius 2 is 2.42 bits per heavy atom. The highest BCUT2D eigenvalue weighted by molar-refractivity contribution is 7.73. The van der Waals surface area contributed by atoms with Crippen LogP contribution in [0.2, 0.25) is 0 Å². The highest BCUT2D eigenvalue weighted by Crippen LogP contribution is 2.16. The topological polar surface area (TPSA) is 65.1 Å². The molecule has 2 heterocycles. The number of H-pyrrole nitrogens is 1. The Kier molecular flexibility index (Phi) is 4.87. The number of aliphatic hydroxyl groups is 1. The number of hydrogen-bond donors (Lipinski definition) is 3. The number of aromatic amines is 1. The van der Waals surface area contributed by atoms with E-state index < -0.39 is 6.10 Å². The average Bonchev–Trinajstić information content (AvgIpc) is 2.97. The lowest BCUT2D eigenvalue weighted by molar-refractivity contribution is -0.120. The zero-order valence-electron chi connectivity index (χ0n) is 10.3. The number of nitrogens with one attached hydrogen (secondary N) is 2. The van der Waals surface area contributed by atoms with Gasteiger partial charge >= 0.3 is 0 Å². The molecule has 102 valence electrons. The molecule has 0 saturated carbocycles. The van der Waals surface area contributed by atoms with E-state index in [9.17, 15) is 9.90 Å². The lowest BCUT2D eigenvalue weighted by Gasteiger charge is -2.10. The van der Waals surface area contributed by atoms with E-state index in [0.717, 1.165) is 16.1 Å². The van der Waals surface area contributed by atoms with Gasteiger partial charge in [-0.2, -0.15) is 11.3 Å². The van der Waals surface area contributed by atoms with Crippen LogP contribution in [0.1, 0.15) is 22.2 Å². The molecule has 19 heavy (non-hydrogen) atoms. The molecular formula is C12H14N2O2S3. The maximum atomic E-state index is 11.8. The summed E-state index contributed by atoms with van der Waals surface area (Å²) in [5.41, 5.74) is 1.77. The Labute approximate surface area is 124 Å². The summed E-state index contributed by atoms with van der Waals surface area (Å²) in [6.45, 7) is 2.12. The summed E-state index contributed by atoms with van der Waals surface area (Å²) in [5.74, 6) is -0.109. The molecule has 0 fully saturated rings. The first-order chi connectivity index (χ1) is 9.06. The number of aliphatic hydroxyl groups excluding tert-OH is 1. The second-order valence-corrected chi connectivity index (χ2v) is 6.67. The quantitative estimate of drug-likeness (QED) is 0.743. The van der Waals surface area contributed by atoms with Crippen LogP contribution in [-0.4, -0.2) is 22.5 Å². The van der Waals surface area contributed by atoms with E-state index in [-0.39, 0.29) is 12.5 Å². The molecule has 2 aromatic heterocycles. The van der Waals surface area contributed by atoms with Crippen molar-refractivity contribution < 1.29 is 9.90 Å². The van der Waals surface area contributed by atoms with Crippen LogP contribution in [0.3, 0.4) is 0 Å². The van der Waals surface area contributed by atoms with Crippen LogP contribution in [0, 0.1) is 10.9 Å². The minimum atomic E-state index is -0.652. The molecule has 1 unspecified atom stereocenters. The fourth-order valence-corrected chi connectivity index (χ4v) is 3.60. The largest absolute Gasteiger partial charge is 0.387 e. The van der Waals surface area contributed by atoms with Gasteiger partial charge in [-0.05, 0) is 41.5 Å². The summed E-state index contributed by atoms with van der Waals surface area (Å²) in [6, 6.07) is 1.85. The van der Waals surface area contributed by atoms with Gasteiger partial charge in [0.25, 0.3) is 0 Å². The van der Waals surface area contributed by atoms with E-state index in [1.165, 1.54) is 22.7 Å². The van der Waals surface area contributed by atoms with Gasteiger partial charge in [-0.25, -0.2) is 0 Å². The molecule has 0 saturated heterocycles. The third-order valence-electron chi connectivity index (χ3n) is 2.67. The minimum absolute atomic E-state index is 0.109. The lowest BCUT2D eigenvalue weighted by Crippen LogP contribution is -2.29. The number of hydrogen-bond acceptors (Lipinski definition) is 5. The average molecular weight is 314 g/mol. The third kappa shape index (κ3) is 3.97. The van der Waals surface area contributed by atoms with E-state index in [4.69, 9.17) is 12.2 Å². The molecule has 0 aliphatic rings. The number of carbonyl (C=O) groups excluding carboxylic acids is 1. The molecule has 0 radical (unpaired) electrons. The van der Waals surface area contributed by atoms with Crippen LogP contribution in [-0.2, 0) is 11.2 Å². The predicted octanol–water partition coefficient (Wildman–Crippen LogP) is 2.57. The van der Waals surface area contributed by atoms with Gasteiger partial charge in [0.15, 0.2) is 3.95 Å². The molecule has 0 bridgehead atoms. The number of aromatic nitrogens is 1. The third-order valence-corrected chi connectivity index (χ3v) is 4.70. The highest BCUT2D eigenvalue weighted by Gasteiger charge is 2.12. The van der Waals surface area contributed by atoms with Crippen LogP contribution in [0.15, 0.2) is 16.8 Å². The standard InChI is InChI=1S/C12H14N2O2S3/c1-7-10(19-12(17)14-7)4-11(16)13-5-9(15)8-2-3-18-6-8/h2-3,6,9,15H,4-5H2,1H3,(H,13,16)(H,14,17). The first-order valence-corrected chi connectivity index (χ1v) is 7.88. The van der Waals surface area contributed by atoms with Crippen molar-refractivity contribution in [2.24, 2.45) is 0 Å². The number of amides is 1. The van der Waals surface area contributed by atoms with Gasteiger partial charge in [0.1, 0.15) is 0 Å². The van der Waals surface area contributed by atoms with Crippen LogP contribution in [0.25, 0.3) is 0 Å². The summed E-state index contributed by atoms with van der Waals surface area (Å²) in [5, 5.41) is 16.4. The van der Waals surface area contributed by atoms with Gasteiger partial charge in [0.05, 0.1) is 12.5 Å². The van der Waals surface area contributed by atoms with E-state index in [1.54, 1.807) is 0 Å². The van der Waals surface area contributed by atoms with Crippen LogP contribution < -0.4 is 5.32 Å². The molecule has 0 spiro atoms. The number of aryl methyl sites for hydroxylation is 1. The van der Waals surface area contributed by atoms with Crippen molar-refractivity contribution in [2.45, 2.75) is 19.4 Å². The molecule has 2 rings (SSSR count). The fraction of sp³-hybridized carbons (Fsp3) is 0.333. The second-order valence-electron chi connectivity index (χ2n) is 4.12. The summed E-state index contributed by atoms with van der Waals surface area (Å²) in [4.78, 5) is 15.7. The van der Waals surface area contributed by atoms with Gasteiger partial charge < -0.3 is 15.4 Å². The number of thiazole rings is 1. The summed E-state index contributed by atoms with van der Waals surface area (Å²) < 4.78 is 0.679. The Hall–Kier alpha value is -1.02. The normalized spacial score (nSPS) is 12.3. The van der Waals surface area contributed by atoms with E-state index >= 15 is 0 Å². The van der Waals surface area contributed by atoms with Crippen molar-refractivity contribution in [2.75, 3.05) is 6.54 Å². The second kappa shape index (κ2) is 6.42. The van der Waals surface area contributed by atoms with Crippen molar-refractivity contribution in [3.63, 3.8) is 0 Å². The molecule has 0 aliphatic carbocycles. The van der Waals surface area contributed by atoms with Gasteiger partial charge in [0.2, 0.25) is 5.91 Å². The Morgan fingerprint density at radius 3 is 3.00 bits per heavy atom. The monoisotopic (exact) mass is 314 g/mol. The first kappa shape index (κ1) is 14.4. The summed E-state index contributed by atoms with van der Waals surface area (Å²) in [6.07, 6.45) is -0.360. The van der Waals surface area contributed by atoms with Crippen molar-refractivity contribution in [3.05, 3.63) is 36.9 Å². The van der Waals surface area contributed by atoms with Crippen molar-refractivity contribution >= 4 is 40.8 Å². The first-order valence-electron chi connectivity index (χ1n) is 5.71. The number of rotatable bonds is 5. The Bertz CT molecular complexity index is 601. The molecule has 0 aromatic carbocycles. The molecule has 7 heteroatoms. The molecule has 1 atom stereocenters. The van der Waals surface area contributed by atoms with Crippen LogP contribution in [0.4, 0.5) is 0 Å². The van der Waals surface area contributed by atoms with Gasteiger partial charge in [0, 0.05) is 17.1 Å². The molecule has 2 aromatic rings. The number of carbonyl (C=O) groups is 1. The van der Waals surface area contributed by atoms with Crippen molar-refractivity contribution in [1.82, 2.24) is 10.3 Å². The maximum absolute atomic E-state index is 11.8. The highest BCUT2D eigenvalue weighted by atomic mass is 32.1. The number of thiophene rings is 1. The van der Waals surface area contributed by atoms with Crippen molar-refractivity contribution in [1.29, 1.82) is 0 Å². The Morgan fingerprint density at radius 1 is 1.63 bits per heavy atom. The van der Waals surface area contributed by atoms with E-state index in [0.29, 0.717) is 10.4 Å². The van der Waals surface area contributed by atoms with Gasteiger partial charge in [-0.15, -0.1) is 11.3 Å². The smallest absolute Gasteiger partial charge is 0.225 e. The zero-order valence-corrected chi connectivity index (χ0v) is 12.8.